The van der Waals surface area contributed by atoms with Crippen molar-refractivity contribution in [1.82, 2.24) is 4.90 Å². The fraction of sp³-hybridized carbons (Fsp3) is 0.424. The average Bonchev–Trinajstić information content (AvgIpc) is 3.30. The van der Waals surface area contributed by atoms with E-state index in [0.29, 0.717) is 31.1 Å². The van der Waals surface area contributed by atoms with E-state index in [9.17, 15) is 19.5 Å². The molecule has 0 bridgehead atoms. The Bertz CT molecular complexity index is 1470. The summed E-state index contributed by atoms with van der Waals surface area (Å²) >= 11 is 0. The molecule has 1 N–H and O–H groups in total. The molecule has 3 amide bonds. The molecule has 2 fully saturated rings. The number of rotatable bonds is 6. The zero-order valence-corrected chi connectivity index (χ0v) is 24.4. The van der Waals surface area contributed by atoms with Gasteiger partial charge in [0.2, 0.25) is 11.8 Å². The number of aliphatic hydroxyl groups is 1. The topological polar surface area (TPSA) is 99.6 Å². The Hall–Kier alpha value is -3.95. The van der Waals surface area contributed by atoms with Gasteiger partial charge >= 0.3 is 0 Å². The lowest BCUT2D eigenvalue weighted by molar-refractivity contribution is -0.143. The Morgan fingerprint density at radius 3 is 2.45 bits per heavy atom. The first-order valence-electron chi connectivity index (χ1n) is 14.6. The van der Waals surface area contributed by atoms with Crippen molar-refractivity contribution in [3.8, 4) is 5.75 Å². The Balaban J connectivity index is 1.42. The van der Waals surface area contributed by atoms with E-state index < -0.39 is 35.6 Å². The van der Waals surface area contributed by atoms with Crippen molar-refractivity contribution in [3.05, 3.63) is 77.9 Å². The van der Waals surface area contributed by atoms with Crippen molar-refractivity contribution >= 4 is 29.1 Å². The third-order valence-corrected chi connectivity index (χ3v) is 8.95. The summed E-state index contributed by atoms with van der Waals surface area (Å²) in [6.07, 6.45) is 6.74. The molecule has 1 unspecified atom stereocenters. The molecule has 220 valence electrons. The highest BCUT2D eigenvalue weighted by molar-refractivity contribution is 6.07. The van der Waals surface area contributed by atoms with Crippen molar-refractivity contribution in [3.63, 3.8) is 0 Å². The van der Waals surface area contributed by atoms with Crippen LogP contribution in [-0.4, -0.2) is 77.8 Å². The Labute approximate surface area is 246 Å². The minimum absolute atomic E-state index is 0.238. The summed E-state index contributed by atoms with van der Waals surface area (Å²) in [6, 6.07) is 11.6. The number of nitrogens with zero attached hydrogens (tertiary/aromatic N) is 3. The van der Waals surface area contributed by atoms with Crippen molar-refractivity contribution in [2.24, 2.45) is 11.8 Å². The second-order valence-electron chi connectivity index (χ2n) is 11.6. The van der Waals surface area contributed by atoms with E-state index in [2.05, 4.69) is 0 Å². The van der Waals surface area contributed by atoms with Crippen LogP contribution in [0, 0.1) is 25.7 Å². The fourth-order valence-electron chi connectivity index (χ4n) is 6.99. The van der Waals surface area contributed by atoms with Gasteiger partial charge in [0.15, 0.2) is 0 Å². The number of carbonyl (C=O) groups excluding carboxylic acids is 3. The van der Waals surface area contributed by atoms with Gasteiger partial charge in [-0.25, -0.2) is 0 Å². The second kappa shape index (κ2) is 10.7. The molecule has 6 atom stereocenters. The molecule has 2 aromatic carbocycles. The van der Waals surface area contributed by atoms with Crippen molar-refractivity contribution < 1.29 is 29.0 Å². The van der Waals surface area contributed by atoms with Crippen LogP contribution in [0.1, 0.15) is 25.0 Å². The van der Waals surface area contributed by atoms with Crippen LogP contribution in [0.15, 0.2) is 66.8 Å². The van der Waals surface area contributed by atoms with E-state index >= 15 is 0 Å². The lowest BCUT2D eigenvalue weighted by Crippen LogP contribution is -2.57. The summed E-state index contributed by atoms with van der Waals surface area (Å²) in [5.41, 5.74) is 2.03. The van der Waals surface area contributed by atoms with Crippen LogP contribution in [0.4, 0.5) is 11.4 Å². The summed E-state index contributed by atoms with van der Waals surface area (Å²) in [5.74, 6) is -1.95. The summed E-state index contributed by atoms with van der Waals surface area (Å²) in [5, 5.41) is 10.2. The summed E-state index contributed by atoms with van der Waals surface area (Å²) in [4.78, 5) is 48.0. The van der Waals surface area contributed by atoms with Crippen LogP contribution in [0.5, 0.6) is 5.75 Å². The number of ether oxygens (including phenoxy) is 2. The highest BCUT2D eigenvalue weighted by Crippen LogP contribution is 2.54. The lowest BCUT2D eigenvalue weighted by Gasteiger charge is -2.37. The maximum Gasteiger partial charge on any atom is 0.253 e. The van der Waals surface area contributed by atoms with Gasteiger partial charge in [-0.15, -0.1) is 0 Å². The van der Waals surface area contributed by atoms with Crippen LogP contribution >= 0.6 is 0 Å². The molecule has 0 aliphatic carbocycles. The third-order valence-electron chi connectivity index (χ3n) is 8.95. The molecular weight excluding hydrogens is 534 g/mol. The number of anilines is 2. The van der Waals surface area contributed by atoms with E-state index in [4.69, 9.17) is 9.47 Å². The first-order chi connectivity index (χ1) is 20.2. The van der Waals surface area contributed by atoms with Gasteiger partial charge in [-0.1, -0.05) is 36.4 Å². The van der Waals surface area contributed by atoms with Crippen molar-refractivity contribution in [1.29, 1.82) is 0 Å². The standard InChI is InChI=1S/C33H37N3O6/c1-5-41-24-13-11-23(12-14-24)34-16-6-8-26-27(30(34)38)28-31(39)36(22(4)19-37)29-32(40)35(17-7-15-33(28,29)42-26)25-18-20(2)9-10-21(25)3/h6-15,18,22,26-29,37H,5,16-17,19H2,1-4H3/t22-,26+,27-,28+,29?,33+/m1/s1. The quantitative estimate of drug-likeness (QED) is 0.535. The number of benzene rings is 2. The molecule has 9 heteroatoms. The third kappa shape index (κ3) is 4.25. The molecule has 42 heavy (non-hydrogen) atoms. The molecule has 2 aromatic rings. The van der Waals surface area contributed by atoms with Crippen LogP contribution in [0.3, 0.4) is 0 Å². The minimum atomic E-state index is -1.36. The highest BCUT2D eigenvalue weighted by atomic mass is 16.5. The normalized spacial score (nSPS) is 29.3. The van der Waals surface area contributed by atoms with Gasteiger partial charge in [0.25, 0.3) is 5.91 Å². The van der Waals surface area contributed by atoms with Gasteiger partial charge in [-0.2, -0.15) is 0 Å². The molecule has 6 rings (SSSR count). The zero-order valence-electron chi connectivity index (χ0n) is 24.4. The molecular formula is C33H37N3O6. The SMILES string of the molecule is CCOc1ccc(N2CC=C[C@@H]3O[C@]45C=CCN(c6cc(C)ccc6C)C(=O)C4N([C@H](C)CO)C(=O)[C@@H]5[C@@H]3C2=O)cc1. The number of fused-ring (bicyclic) bond motifs is 2. The maximum absolute atomic E-state index is 14.5. The smallest absolute Gasteiger partial charge is 0.253 e. The maximum atomic E-state index is 14.5. The van der Waals surface area contributed by atoms with E-state index in [1.165, 1.54) is 4.90 Å². The summed E-state index contributed by atoms with van der Waals surface area (Å²) in [6.45, 7) is 8.38. The van der Waals surface area contributed by atoms with Gasteiger partial charge in [-0.3, -0.25) is 14.4 Å². The lowest BCUT2D eigenvalue weighted by atomic mass is 9.77. The van der Waals surface area contributed by atoms with Crippen molar-refractivity contribution in [2.45, 2.75) is 51.5 Å². The molecule has 4 heterocycles. The highest BCUT2D eigenvalue weighted by Gasteiger charge is 2.72. The van der Waals surface area contributed by atoms with Crippen LogP contribution < -0.4 is 14.5 Å². The zero-order chi connectivity index (χ0) is 29.8. The predicted octanol–water partition coefficient (Wildman–Crippen LogP) is 3.17. The summed E-state index contributed by atoms with van der Waals surface area (Å²) < 4.78 is 12.3. The molecule has 1 spiro atoms. The largest absolute Gasteiger partial charge is 0.494 e. The van der Waals surface area contributed by atoms with Gasteiger partial charge in [0, 0.05) is 24.5 Å². The van der Waals surface area contributed by atoms with E-state index in [-0.39, 0.29) is 24.3 Å². The molecule has 0 radical (unpaired) electrons. The average molecular weight is 572 g/mol. The van der Waals surface area contributed by atoms with Gasteiger partial charge in [0.05, 0.1) is 37.2 Å². The number of aryl methyl sites for hydroxylation is 2. The molecule has 4 aliphatic heterocycles. The number of hydrogen-bond donors (Lipinski definition) is 1. The molecule has 2 saturated heterocycles. The van der Waals surface area contributed by atoms with Gasteiger partial charge in [0.1, 0.15) is 17.4 Å². The van der Waals surface area contributed by atoms with Crippen LogP contribution in [-0.2, 0) is 19.1 Å². The Kier molecular flexibility index (Phi) is 7.19. The number of hydrogen-bond acceptors (Lipinski definition) is 6. The monoisotopic (exact) mass is 571 g/mol. The van der Waals surface area contributed by atoms with Gasteiger partial charge in [-0.05, 0) is 69.2 Å². The van der Waals surface area contributed by atoms with Crippen LogP contribution in [0.25, 0.3) is 0 Å². The Morgan fingerprint density at radius 2 is 1.74 bits per heavy atom. The minimum Gasteiger partial charge on any atom is -0.494 e. The van der Waals surface area contributed by atoms with Crippen molar-refractivity contribution in [2.75, 3.05) is 36.1 Å². The number of aliphatic hydroxyl groups excluding tert-OH is 1. The number of likely N-dealkylation sites (tertiary alicyclic amines) is 1. The second-order valence-corrected chi connectivity index (χ2v) is 11.6. The molecule has 0 saturated carbocycles. The Morgan fingerprint density at radius 1 is 1.00 bits per heavy atom. The van der Waals surface area contributed by atoms with Gasteiger partial charge < -0.3 is 29.3 Å². The first-order valence-corrected chi connectivity index (χ1v) is 14.6. The summed E-state index contributed by atoms with van der Waals surface area (Å²) in [7, 11) is 0. The molecule has 9 nitrogen and oxygen atoms in total. The van der Waals surface area contributed by atoms with E-state index in [1.807, 2.05) is 87.5 Å². The fourth-order valence-corrected chi connectivity index (χ4v) is 6.99. The van der Waals surface area contributed by atoms with E-state index in [0.717, 1.165) is 16.8 Å². The van der Waals surface area contributed by atoms with Crippen LogP contribution in [0.2, 0.25) is 0 Å². The predicted molar refractivity (Wildman–Crippen MR) is 158 cm³/mol. The number of carbonyl (C=O) groups is 3. The first kappa shape index (κ1) is 28.2. The number of amides is 3. The molecule has 0 aromatic heterocycles. The van der Waals surface area contributed by atoms with E-state index in [1.54, 1.807) is 16.7 Å². The molecule has 4 aliphatic rings.